The number of rotatable bonds is 5. The summed E-state index contributed by atoms with van der Waals surface area (Å²) < 4.78 is 18.5. The number of benzene rings is 10. The van der Waals surface area contributed by atoms with E-state index in [2.05, 4.69) is 150 Å². The van der Waals surface area contributed by atoms with Gasteiger partial charge in [-0.1, -0.05) is 182 Å². The first-order chi connectivity index (χ1) is 29.2. The molecule has 11 aromatic rings. The highest BCUT2D eigenvalue weighted by atomic mass is 31.2. The number of fused-ring (bicyclic) bond motifs is 5. The monoisotopic (exact) mass is 770 g/mol. The maximum atomic E-state index is 16.3. The van der Waals surface area contributed by atoms with Crippen LogP contribution in [0.3, 0.4) is 0 Å². The van der Waals surface area contributed by atoms with Gasteiger partial charge in [-0.2, -0.15) is 0 Å². The lowest BCUT2D eigenvalue weighted by Gasteiger charge is -2.29. The molecule has 1 atom stereocenters. The van der Waals surface area contributed by atoms with Crippen molar-refractivity contribution in [2.75, 3.05) is 0 Å². The summed E-state index contributed by atoms with van der Waals surface area (Å²) in [5.41, 5.74) is 10.6. The molecule has 1 unspecified atom stereocenters. The minimum absolute atomic E-state index is 0.814. The minimum Gasteiger partial charge on any atom is -0.308 e. The topological polar surface area (TPSA) is 34.9 Å². The third-order valence-corrected chi connectivity index (χ3v) is 15.3. The summed E-state index contributed by atoms with van der Waals surface area (Å²) >= 11 is 0. The van der Waals surface area contributed by atoms with Gasteiger partial charge in [0, 0.05) is 21.5 Å². The van der Waals surface area contributed by atoms with Crippen molar-refractivity contribution >= 4 is 66.4 Å². The summed E-state index contributed by atoms with van der Waals surface area (Å²) in [5.74, 6) is 0.840. The van der Waals surface area contributed by atoms with Crippen molar-refractivity contribution in [2.24, 2.45) is 0 Å². The van der Waals surface area contributed by atoms with E-state index in [0.29, 0.717) is 0 Å². The molecule has 0 bridgehead atoms. The van der Waals surface area contributed by atoms with Gasteiger partial charge in [-0.25, -0.2) is 4.98 Å². The number of hydrogen-bond acceptors (Lipinski definition) is 2. The zero-order valence-corrected chi connectivity index (χ0v) is 32.9. The van der Waals surface area contributed by atoms with Gasteiger partial charge in [-0.15, -0.1) is 0 Å². The fourth-order valence-electron chi connectivity index (χ4n) is 9.58. The Labute approximate surface area is 341 Å². The number of aromatic nitrogens is 2. The second kappa shape index (κ2) is 13.1. The zero-order valence-electron chi connectivity index (χ0n) is 32.0. The first kappa shape index (κ1) is 33.8. The molecular weight excluding hydrogens is 736 g/mol. The number of hydrogen-bond donors (Lipinski definition) is 0. The lowest BCUT2D eigenvalue weighted by Crippen LogP contribution is -2.33. The molecule has 0 saturated carbocycles. The summed E-state index contributed by atoms with van der Waals surface area (Å²) in [7, 11) is -3.36. The summed E-state index contributed by atoms with van der Waals surface area (Å²) in [6.45, 7) is 0. The van der Waals surface area contributed by atoms with E-state index in [-0.39, 0.29) is 0 Å². The van der Waals surface area contributed by atoms with Crippen LogP contribution >= 0.6 is 7.14 Å². The predicted molar refractivity (Wildman–Crippen MR) is 248 cm³/mol. The van der Waals surface area contributed by atoms with Gasteiger partial charge in [0.15, 0.2) is 7.14 Å². The highest BCUT2D eigenvalue weighted by Crippen LogP contribution is 2.51. The summed E-state index contributed by atoms with van der Waals surface area (Å²) in [5, 5.41) is 9.67. The lowest BCUT2D eigenvalue weighted by molar-refractivity contribution is 0.592. The summed E-state index contributed by atoms with van der Waals surface area (Å²) in [6, 6.07) is 74.7. The molecular formula is C55H35N2OP. The minimum atomic E-state index is -3.36. The van der Waals surface area contributed by atoms with Crippen molar-refractivity contribution in [1.29, 1.82) is 0 Å². The Hall–Kier alpha value is -7.32. The van der Waals surface area contributed by atoms with Crippen LogP contribution in [-0.2, 0) is 4.57 Å². The van der Waals surface area contributed by atoms with E-state index in [0.717, 1.165) is 55.1 Å². The average molecular weight is 771 g/mol. The Balaban J connectivity index is 1.17. The van der Waals surface area contributed by atoms with Crippen molar-refractivity contribution in [3.8, 4) is 50.5 Å². The van der Waals surface area contributed by atoms with Gasteiger partial charge in [-0.3, -0.25) is 4.57 Å². The van der Waals surface area contributed by atoms with Gasteiger partial charge in [0.2, 0.25) is 0 Å². The molecule has 12 rings (SSSR count). The Morgan fingerprint density at radius 1 is 0.407 bits per heavy atom. The van der Waals surface area contributed by atoms with Gasteiger partial charge >= 0.3 is 0 Å². The largest absolute Gasteiger partial charge is 0.308 e. The number of para-hydroxylation sites is 1. The Morgan fingerprint density at radius 2 is 1.00 bits per heavy atom. The predicted octanol–water partition coefficient (Wildman–Crippen LogP) is 13.1. The molecule has 1 aliphatic rings. The highest BCUT2D eigenvalue weighted by Gasteiger charge is 2.40. The maximum Gasteiger partial charge on any atom is 0.175 e. The van der Waals surface area contributed by atoms with Crippen LogP contribution in [-0.4, -0.2) is 9.55 Å². The molecule has 0 fully saturated rings. The smallest absolute Gasteiger partial charge is 0.175 e. The van der Waals surface area contributed by atoms with Crippen LogP contribution in [0.2, 0.25) is 0 Å². The van der Waals surface area contributed by atoms with Crippen LogP contribution in [0.25, 0.3) is 93.8 Å². The quantitative estimate of drug-likeness (QED) is 0.129. The van der Waals surface area contributed by atoms with Crippen LogP contribution in [0.5, 0.6) is 0 Å². The molecule has 0 spiro atoms. The highest BCUT2D eigenvalue weighted by molar-refractivity contribution is 7.86. The van der Waals surface area contributed by atoms with Gasteiger partial charge < -0.3 is 4.57 Å². The van der Waals surface area contributed by atoms with Gasteiger partial charge in [0.1, 0.15) is 5.82 Å². The van der Waals surface area contributed by atoms with Crippen molar-refractivity contribution in [3.05, 3.63) is 212 Å². The van der Waals surface area contributed by atoms with Gasteiger partial charge in [0.25, 0.3) is 0 Å². The third-order valence-electron chi connectivity index (χ3n) is 12.2. The SMILES string of the molecule is O=P1(c2ccccc2)c2cc(-c3ccc4c(-c5ccccc5)c5ccccc5c(-c5cccc6ccccc56)c4c3)ccc2-n2c(-c3ccccc3)nc3cccc1c32. The number of imidazole rings is 1. The van der Waals surface area contributed by atoms with Crippen molar-refractivity contribution < 1.29 is 4.57 Å². The molecule has 3 nitrogen and oxygen atoms in total. The lowest BCUT2D eigenvalue weighted by atomic mass is 9.84. The first-order valence-electron chi connectivity index (χ1n) is 20.1. The molecule has 276 valence electrons. The average Bonchev–Trinajstić information content (AvgIpc) is 3.71. The van der Waals surface area contributed by atoms with Crippen LogP contribution < -0.4 is 15.9 Å². The summed E-state index contributed by atoms with van der Waals surface area (Å²) in [6.07, 6.45) is 0. The Kier molecular flexibility index (Phi) is 7.51. The van der Waals surface area contributed by atoms with Crippen LogP contribution in [0.1, 0.15) is 0 Å². The van der Waals surface area contributed by atoms with Crippen LogP contribution in [0, 0.1) is 0 Å². The molecule has 59 heavy (non-hydrogen) atoms. The summed E-state index contributed by atoms with van der Waals surface area (Å²) in [4.78, 5) is 5.19. The van der Waals surface area contributed by atoms with E-state index in [1.54, 1.807) is 0 Å². The molecule has 0 aliphatic carbocycles. The van der Waals surface area contributed by atoms with E-state index in [1.165, 1.54) is 54.6 Å². The maximum absolute atomic E-state index is 16.3. The number of nitrogens with zero attached hydrogens (tertiary/aromatic N) is 2. The molecule has 0 saturated heterocycles. The van der Waals surface area contributed by atoms with Gasteiger partial charge in [0.05, 0.1) is 16.7 Å². The Morgan fingerprint density at radius 3 is 1.78 bits per heavy atom. The molecule has 0 amide bonds. The Bertz CT molecular complexity index is 3510. The van der Waals surface area contributed by atoms with Crippen molar-refractivity contribution in [2.45, 2.75) is 0 Å². The van der Waals surface area contributed by atoms with Gasteiger partial charge in [-0.05, 0) is 96.0 Å². The molecule has 2 heterocycles. The first-order valence-corrected chi connectivity index (χ1v) is 21.8. The van der Waals surface area contributed by atoms with Crippen molar-refractivity contribution in [3.63, 3.8) is 0 Å². The normalized spacial score (nSPS) is 14.6. The van der Waals surface area contributed by atoms with Crippen LogP contribution in [0.4, 0.5) is 0 Å². The third kappa shape index (κ3) is 5.02. The molecule has 4 heteroatoms. The molecule has 1 aromatic heterocycles. The fourth-order valence-corrected chi connectivity index (χ4v) is 12.6. The van der Waals surface area contributed by atoms with Crippen molar-refractivity contribution in [1.82, 2.24) is 9.55 Å². The standard InChI is InChI=1S/C55H35N2OP/c58-59(41-22-8-3-9-23-41)50-29-15-28-48-54(50)57(55(56-48)38-19-6-2-7-20-38)49-33-31-40(35-51(49)59)39-30-32-46-47(34-39)53(43-27-14-21-36-16-10-11-24-42(36)43)45-26-13-12-25-44(45)52(46)37-17-4-1-5-18-37/h1-35H. The molecule has 0 N–H and O–H groups in total. The van der Waals surface area contributed by atoms with E-state index >= 15 is 4.57 Å². The fraction of sp³-hybridized carbons (Fsp3) is 0. The molecule has 10 aromatic carbocycles. The van der Waals surface area contributed by atoms with E-state index in [4.69, 9.17) is 4.98 Å². The molecule has 0 radical (unpaired) electrons. The van der Waals surface area contributed by atoms with Crippen LogP contribution in [0.15, 0.2) is 212 Å². The second-order valence-electron chi connectivity index (χ2n) is 15.4. The van der Waals surface area contributed by atoms with E-state index in [1.807, 2.05) is 66.7 Å². The molecule has 1 aliphatic heterocycles. The zero-order chi connectivity index (χ0) is 39.1. The van der Waals surface area contributed by atoms with E-state index in [9.17, 15) is 0 Å². The second-order valence-corrected chi connectivity index (χ2v) is 18.1. The van der Waals surface area contributed by atoms with E-state index < -0.39 is 7.14 Å².